The van der Waals surface area contributed by atoms with Crippen LogP contribution in [-0.2, 0) is 0 Å². The molecule has 0 aliphatic rings. The van der Waals surface area contributed by atoms with E-state index in [-0.39, 0.29) is 0 Å². The summed E-state index contributed by atoms with van der Waals surface area (Å²) in [7, 11) is 0. The number of rotatable bonds is 1. The van der Waals surface area contributed by atoms with Gasteiger partial charge in [-0.3, -0.25) is 0 Å². The molecule has 3 aromatic rings. The van der Waals surface area contributed by atoms with Gasteiger partial charge in [0.1, 0.15) is 0 Å². The molecule has 1 heteroatoms. The number of aryl methyl sites for hydroxylation is 1. The molecule has 0 aliphatic heterocycles. The molecule has 3 rings (SSSR count). The Kier molecular flexibility index (Phi) is 2.25. The number of aromatic amines is 1. The van der Waals surface area contributed by atoms with Crippen LogP contribution in [-0.4, -0.2) is 4.98 Å². The Hall–Kier alpha value is -2.02. The maximum absolute atomic E-state index is 3.26. The average Bonchev–Trinajstić information content (AvgIpc) is 2.81. The van der Waals surface area contributed by atoms with Crippen LogP contribution in [0.3, 0.4) is 0 Å². The van der Waals surface area contributed by atoms with E-state index in [1.165, 1.54) is 33.2 Å². The SMILES string of the molecule is Cc1cccc(-c2cccc3[nH]ccc23)c1C. The summed E-state index contributed by atoms with van der Waals surface area (Å²) >= 11 is 0. The summed E-state index contributed by atoms with van der Waals surface area (Å²) in [6.07, 6.45) is 2.00. The number of nitrogens with one attached hydrogen (secondary N) is 1. The van der Waals surface area contributed by atoms with Crippen LogP contribution in [0.5, 0.6) is 0 Å². The van der Waals surface area contributed by atoms with Gasteiger partial charge in [0.2, 0.25) is 0 Å². The van der Waals surface area contributed by atoms with Crippen molar-refractivity contribution in [3.8, 4) is 11.1 Å². The molecule has 1 aromatic heterocycles. The Morgan fingerprint density at radius 2 is 1.59 bits per heavy atom. The second kappa shape index (κ2) is 3.77. The van der Waals surface area contributed by atoms with Gasteiger partial charge in [-0.25, -0.2) is 0 Å². The van der Waals surface area contributed by atoms with Gasteiger partial charge in [0, 0.05) is 17.1 Å². The summed E-state index contributed by atoms with van der Waals surface area (Å²) < 4.78 is 0. The average molecular weight is 221 g/mol. The highest BCUT2D eigenvalue weighted by molar-refractivity contribution is 5.95. The van der Waals surface area contributed by atoms with E-state index in [0.29, 0.717) is 0 Å². The van der Waals surface area contributed by atoms with Crippen LogP contribution in [0.25, 0.3) is 22.0 Å². The van der Waals surface area contributed by atoms with Crippen LogP contribution >= 0.6 is 0 Å². The molecule has 84 valence electrons. The predicted octanol–water partition coefficient (Wildman–Crippen LogP) is 4.45. The lowest BCUT2D eigenvalue weighted by atomic mass is 9.95. The van der Waals surface area contributed by atoms with Crippen molar-refractivity contribution < 1.29 is 0 Å². The minimum atomic E-state index is 1.20. The Morgan fingerprint density at radius 3 is 2.47 bits per heavy atom. The quantitative estimate of drug-likeness (QED) is 0.624. The van der Waals surface area contributed by atoms with E-state index >= 15 is 0 Å². The normalized spacial score (nSPS) is 10.9. The molecule has 0 saturated heterocycles. The van der Waals surface area contributed by atoms with Gasteiger partial charge in [0.15, 0.2) is 0 Å². The number of aromatic nitrogens is 1. The van der Waals surface area contributed by atoms with Crippen LogP contribution in [0.4, 0.5) is 0 Å². The molecule has 0 spiro atoms. The van der Waals surface area contributed by atoms with Crippen molar-refractivity contribution >= 4 is 10.9 Å². The summed E-state index contributed by atoms with van der Waals surface area (Å²) in [6, 6.07) is 15.0. The first-order chi connectivity index (χ1) is 8.27. The molecular formula is C16H15N. The van der Waals surface area contributed by atoms with Gasteiger partial charge in [0.05, 0.1) is 0 Å². The van der Waals surface area contributed by atoms with E-state index in [9.17, 15) is 0 Å². The zero-order chi connectivity index (χ0) is 11.8. The molecule has 0 radical (unpaired) electrons. The maximum atomic E-state index is 3.26. The molecular weight excluding hydrogens is 206 g/mol. The second-order valence-electron chi connectivity index (χ2n) is 4.49. The van der Waals surface area contributed by atoms with Crippen LogP contribution in [0.1, 0.15) is 11.1 Å². The standard InChI is InChI=1S/C16H15N/c1-11-5-3-6-13(12(11)2)14-7-4-8-16-15(14)9-10-17-16/h3-10,17H,1-2H3. The molecule has 0 aliphatic carbocycles. The molecule has 0 bridgehead atoms. The van der Waals surface area contributed by atoms with E-state index in [1.807, 2.05) is 6.20 Å². The van der Waals surface area contributed by atoms with E-state index in [4.69, 9.17) is 0 Å². The fourth-order valence-corrected chi connectivity index (χ4v) is 2.36. The molecule has 1 N–H and O–H groups in total. The summed E-state index contributed by atoms with van der Waals surface area (Å²) in [4.78, 5) is 3.26. The topological polar surface area (TPSA) is 15.8 Å². The fourth-order valence-electron chi connectivity index (χ4n) is 2.36. The van der Waals surface area contributed by atoms with Crippen molar-refractivity contribution in [3.63, 3.8) is 0 Å². The Bertz CT molecular complexity index is 677. The molecule has 2 aromatic carbocycles. The third-order valence-corrected chi connectivity index (χ3v) is 3.49. The third kappa shape index (κ3) is 1.55. The molecule has 0 amide bonds. The van der Waals surface area contributed by atoms with Gasteiger partial charge < -0.3 is 4.98 Å². The number of H-pyrrole nitrogens is 1. The molecule has 0 unspecified atom stereocenters. The molecule has 0 saturated carbocycles. The predicted molar refractivity (Wildman–Crippen MR) is 73.2 cm³/mol. The van der Waals surface area contributed by atoms with Gasteiger partial charge in [0.25, 0.3) is 0 Å². The smallest absolute Gasteiger partial charge is 0.0460 e. The number of hydrogen-bond acceptors (Lipinski definition) is 0. The monoisotopic (exact) mass is 221 g/mol. The first-order valence-corrected chi connectivity index (χ1v) is 5.90. The zero-order valence-electron chi connectivity index (χ0n) is 10.1. The lowest BCUT2D eigenvalue weighted by Crippen LogP contribution is -1.87. The van der Waals surface area contributed by atoms with E-state index in [2.05, 4.69) is 61.3 Å². The summed E-state index contributed by atoms with van der Waals surface area (Å²) in [5.74, 6) is 0. The molecule has 17 heavy (non-hydrogen) atoms. The van der Waals surface area contributed by atoms with Gasteiger partial charge in [-0.2, -0.15) is 0 Å². The van der Waals surface area contributed by atoms with Gasteiger partial charge >= 0.3 is 0 Å². The van der Waals surface area contributed by atoms with Gasteiger partial charge in [-0.05, 0) is 48.2 Å². The molecule has 1 nitrogen and oxygen atoms in total. The lowest BCUT2D eigenvalue weighted by molar-refractivity contribution is 1.34. The summed E-state index contributed by atoms with van der Waals surface area (Å²) in [5, 5.41) is 1.29. The summed E-state index contributed by atoms with van der Waals surface area (Å²) in [5.41, 5.74) is 6.54. The first-order valence-electron chi connectivity index (χ1n) is 5.90. The van der Waals surface area contributed by atoms with Crippen molar-refractivity contribution in [2.24, 2.45) is 0 Å². The van der Waals surface area contributed by atoms with Crippen LogP contribution in [0, 0.1) is 13.8 Å². The minimum absolute atomic E-state index is 1.20. The van der Waals surface area contributed by atoms with Crippen LogP contribution in [0.2, 0.25) is 0 Å². The highest BCUT2D eigenvalue weighted by Crippen LogP contribution is 2.31. The van der Waals surface area contributed by atoms with E-state index in [0.717, 1.165) is 0 Å². The Labute approximate surface area is 101 Å². The minimum Gasteiger partial charge on any atom is -0.361 e. The van der Waals surface area contributed by atoms with Crippen molar-refractivity contribution in [3.05, 3.63) is 59.8 Å². The van der Waals surface area contributed by atoms with Crippen molar-refractivity contribution in [2.75, 3.05) is 0 Å². The second-order valence-corrected chi connectivity index (χ2v) is 4.49. The Morgan fingerprint density at radius 1 is 0.824 bits per heavy atom. The van der Waals surface area contributed by atoms with E-state index < -0.39 is 0 Å². The van der Waals surface area contributed by atoms with Crippen molar-refractivity contribution in [1.82, 2.24) is 4.98 Å². The lowest BCUT2D eigenvalue weighted by Gasteiger charge is -2.09. The largest absolute Gasteiger partial charge is 0.361 e. The van der Waals surface area contributed by atoms with Crippen LogP contribution < -0.4 is 0 Å². The number of fused-ring (bicyclic) bond motifs is 1. The molecule has 1 heterocycles. The maximum Gasteiger partial charge on any atom is 0.0460 e. The van der Waals surface area contributed by atoms with Crippen LogP contribution in [0.15, 0.2) is 48.7 Å². The van der Waals surface area contributed by atoms with Crippen molar-refractivity contribution in [2.45, 2.75) is 13.8 Å². The molecule has 0 atom stereocenters. The highest BCUT2D eigenvalue weighted by atomic mass is 14.7. The van der Waals surface area contributed by atoms with Gasteiger partial charge in [-0.1, -0.05) is 30.3 Å². The summed E-state index contributed by atoms with van der Waals surface area (Å²) in [6.45, 7) is 4.35. The zero-order valence-corrected chi connectivity index (χ0v) is 10.1. The first kappa shape index (κ1) is 10.2. The number of benzene rings is 2. The fraction of sp³-hybridized carbons (Fsp3) is 0.125. The van der Waals surface area contributed by atoms with Crippen molar-refractivity contribution in [1.29, 1.82) is 0 Å². The third-order valence-electron chi connectivity index (χ3n) is 3.49. The Balaban J connectivity index is 2.34. The van der Waals surface area contributed by atoms with E-state index in [1.54, 1.807) is 0 Å². The highest BCUT2D eigenvalue weighted by Gasteiger charge is 2.07. The number of hydrogen-bond donors (Lipinski definition) is 1. The van der Waals surface area contributed by atoms with Gasteiger partial charge in [-0.15, -0.1) is 0 Å². The molecule has 0 fully saturated rings.